The lowest BCUT2D eigenvalue weighted by atomic mass is 10.2. The van der Waals surface area contributed by atoms with Crippen molar-refractivity contribution in [3.8, 4) is 0 Å². The second kappa shape index (κ2) is 3.65. The zero-order chi connectivity index (χ0) is 10.3. The van der Waals surface area contributed by atoms with E-state index in [9.17, 15) is 8.78 Å². The second-order valence-electron chi connectivity index (χ2n) is 2.74. The van der Waals surface area contributed by atoms with E-state index in [0.29, 0.717) is 9.04 Å². The van der Waals surface area contributed by atoms with Gasteiger partial charge in [0, 0.05) is 5.56 Å². The van der Waals surface area contributed by atoms with Crippen LogP contribution < -0.4 is 0 Å². The molecule has 14 heavy (non-hydrogen) atoms. The van der Waals surface area contributed by atoms with Crippen molar-refractivity contribution in [1.82, 2.24) is 0 Å². The van der Waals surface area contributed by atoms with Gasteiger partial charge in [0.1, 0.15) is 0 Å². The smallest absolute Gasteiger partial charge is 0.205 e. The Morgan fingerprint density at radius 2 is 1.93 bits per heavy atom. The van der Waals surface area contributed by atoms with Gasteiger partial charge in [-0.05, 0) is 11.5 Å². The van der Waals surface area contributed by atoms with Crippen molar-refractivity contribution in [2.75, 3.05) is 0 Å². The molecule has 0 aliphatic heterocycles. The molecule has 0 spiro atoms. The summed E-state index contributed by atoms with van der Waals surface area (Å²) in [7, 11) is 0. The van der Waals surface area contributed by atoms with E-state index in [0.717, 1.165) is 5.39 Å². The van der Waals surface area contributed by atoms with Crippen LogP contribution in [0.5, 0.6) is 0 Å². The summed E-state index contributed by atoms with van der Waals surface area (Å²) < 4.78 is 26.1. The van der Waals surface area contributed by atoms with E-state index in [1.807, 2.05) is 0 Å². The van der Waals surface area contributed by atoms with Gasteiger partial charge < -0.3 is 0 Å². The van der Waals surface area contributed by atoms with Crippen LogP contribution in [0.4, 0.5) is 8.78 Å². The first kappa shape index (κ1) is 10.1. The molecule has 0 fully saturated rings. The van der Waals surface area contributed by atoms with Crippen LogP contribution in [0.1, 0.15) is 12.0 Å². The molecule has 0 N–H and O–H groups in total. The van der Waals surface area contributed by atoms with Crippen LogP contribution in [-0.4, -0.2) is 0 Å². The Morgan fingerprint density at radius 3 is 2.57 bits per heavy atom. The van der Waals surface area contributed by atoms with Gasteiger partial charge in [-0.3, -0.25) is 0 Å². The van der Waals surface area contributed by atoms with Crippen LogP contribution >= 0.6 is 34.5 Å². The monoisotopic (exact) mass is 252 g/mol. The fourth-order valence-electron chi connectivity index (χ4n) is 1.22. The number of hydrogen-bond acceptors (Lipinski definition) is 1. The Balaban J connectivity index is 2.74. The van der Waals surface area contributed by atoms with Crippen molar-refractivity contribution in [2.24, 2.45) is 0 Å². The van der Waals surface area contributed by atoms with Gasteiger partial charge in [0.2, 0.25) is 0 Å². The quantitative estimate of drug-likeness (QED) is 0.659. The molecule has 0 atom stereocenters. The maximum atomic E-state index is 12.4. The van der Waals surface area contributed by atoms with Crippen LogP contribution in [0.2, 0.25) is 9.36 Å². The van der Waals surface area contributed by atoms with Crippen LogP contribution in [-0.2, 0) is 0 Å². The fraction of sp³-hybridized carbons (Fsp3) is 0.111. The molecule has 0 unspecified atom stereocenters. The highest BCUT2D eigenvalue weighted by molar-refractivity contribution is 7.23. The summed E-state index contributed by atoms with van der Waals surface area (Å²) in [6, 6.07) is 4.64. The Labute approximate surface area is 93.1 Å². The lowest BCUT2D eigenvalue weighted by molar-refractivity contribution is 0.151. The third kappa shape index (κ3) is 1.60. The lowest BCUT2D eigenvalue weighted by Crippen LogP contribution is -1.84. The zero-order valence-electron chi connectivity index (χ0n) is 6.73. The summed E-state index contributed by atoms with van der Waals surface area (Å²) in [5.41, 5.74) is -0.141. The second-order valence-corrected chi connectivity index (χ2v) is 4.80. The number of alkyl halides is 2. The van der Waals surface area contributed by atoms with Crippen molar-refractivity contribution < 1.29 is 8.78 Å². The predicted molar refractivity (Wildman–Crippen MR) is 56.8 cm³/mol. The van der Waals surface area contributed by atoms with E-state index >= 15 is 0 Å². The van der Waals surface area contributed by atoms with Crippen molar-refractivity contribution in [2.45, 2.75) is 6.43 Å². The van der Waals surface area contributed by atoms with E-state index in [2.05, 4.69) is 0 Å². The van der Waals surface area contributed by atoms with Gasteiger partial charge in [0.25, 0.3) is 6.43 Å². The van der Waals surface area contributed by atoms with Crippen LogP contribution in [0.25, 0.3) is 10.1 Å². The normalized spacial score (nSPS) is 11.5. The minimum Gasteiger partial charge on any atom is -0.205 e. The number of rotatable bonds is 1. The topological polar surface area (TPSA) is 0 Å². The van der Waals surface area contributed by atoms with E-state index in [1.54, 1.807) is 12.1 Å². The van der Waals surface area contributed by atoms with Crippen molar-refractivity contribution >= 4 is 44.6 Å². The molecule has 0 saturated heterocycles. The molecule has 0 radical (unpaired) electrons. The maximum Gasteiger partial charge on any atom is 0.265 e. The number of fused-ring (bicyclic) bond motifs is 1. The molecule has 74 valence electrons. The summed E-state index contributed by atoms with van der Waals surface area (Å²) in [4.78, 5) is 0. The summed E-state index contributed by atoms with van der Waals surface area (Å²) in [6.07, 6.45) is -2.55. The van der Waals surface area contributed by atoms with Gasteiger partial charge in [0.15, 0.2) is 0 Å². The van der Waals surface area contributed by atoms with Gasteiger partial charge in [-0.15, -0.1) is 11.3 Å². The number of thiophene rings is 1. The lowest BCUT2D eigenvalue weighted by Gasteiger charge is -2.02. The average Bonchev–Trinajstić information content (AvgIpc) is 2.46. The molecule has 0 amide bonds. The number of halogens is 4. The molecule has 2 rings (SSSR count). The largest absolute Gasteiger partial charge is 0.265 e. The Kier molecular flexibility index (Phi) is 2.64. The first-order valence-electron chi connectivity index (χ1n) is 3.75. The minimum absolute atomic E-state index is 0.106. The Hall–Kier alpha value is -0.380. The third-order valence-electron chi connectivity index (χ3n) is 1.86. The van der Waals surface area contributed by atoms with Gasteiger partial charge >= 0.3 is 0 Å². The summed E-state index contributed by atoms with van der Waals surface area (Å²) >= 11 is 12.8. The van der Waals surface area contributed by atoms with Crippen molar-refractivity contribution in [1.29, 1.82) is 0 Å². The first-order valence-corrected chi connectivity index (χ1v) is 5.32. The number of hydrogen-bond donors (Lipinski definition) is 0. The van der Waals surface area contributed by atoms with Crippen LogP contribution in [0.15, 0.2) is 18.2 Å². The van der Waals surface area contributed by atoms with Gasteiger partial charge in [0.05, 0.1) is 14.1 Å². The molecule has 0 bridgehead atoms. The van der Waals surface area contributed by atoms with Crippen LogP contribution in [0.3, 0.4) is 0 Å². The molecule has 0 nitrogen and oxygen atoms in total. The molecule has 1 heterocycles. The van der Waals surface area contributed by atoms with E-state index in [1.165, 1.54) is 17.4 Å². The SMILES string of the molecule is FC(F)c1ccc2cc(Cl)sc2c1Cl. The van der Waals surface area contributed by atoms with E-state index < -0.39 is 6.43 Å². The highest BCUT2D eigenvalue weighted by Gasteiger charge is 2.15. The molecule has 0 aliphatic rings. The molecular formula is C9H4Cl2F2S. The van der Waals surface area contributed by atoms with Crippen molar-refractivity contribution in [3.63, 3.8) is 0 Å². The Morgan fingerprint density at radius 1 is 1.21 bits per heavy atom. The molecule has 1 aromatic carbocycles. The minimum atomic E-state index is -2.55. The Bertz CT molecular complexity index is 479. The fourth-order valence-corrected chi connectivity index (χ4v) is 2.77. The maximum absolute atomic E-state index is 12.4. The van der Waals surface area contributed by atoms with Gasteiger partial charge in [-0.2, -0.15) is 0 Å². The first-order chi connectivity index (χ1) is 6.59. The van der Waals surface area contributed by atoms with Crippen molar-refractivity contribution in [3.05, 3.63) is 33.1 Å². The zero-order valence-corrected chi connectivity index (χ0v) is 9.06. The summed E-state index contributed by atoms with van der Waals surface area (Å²) in [5, 5.41) is 0.906. The van der Waals surface area contributed by atoms with Gasteiger partial charge in [-0.25, -0.2) is 8.78 Å². The van der Waals surface area contributed by atoms with E-state index in [4.69, 9.17) is 23.2 Å². The molecule has 1 aromatic heterocycles. The van der Waals surface area contributed by atoms with Crippen LogP contribution in [0, 0.1) is 0 Å². The molecule has 0 aliphatic carbocycles. The molecular weight excluding hydrogens is 249 g/mol. The standard InChI is InChI=1S/C9H4Cl2F2S/c10-6-3-4-1-2-5(9(12)13)7(11)8(4)14-6/h1-3,9H. The highest BCUT2D eigenvalue weighted by atomic mass is 35.5. The number of benzene rings is 1. The molecule has 2 aromatic rings. The summed E-state index contributed by atoms with van der Waals surface area (Å²) in [5.74, 6) is 0. The van der Waals surface area contributed by atoms with E-state index in [-0.39, 0.29) is 10.6 Å². The third-order valence-corrected chi connectivity index (χ3v) is 3.68. The summed E-state index contributed by atoms with van der Waals surface area (Å²) in [6.45, 7) is 0. The average molecular weight is 253 g/mol. The van der Waals surface area contributed by atoms with Gasteiger partial charge in [-0.1, -0.05) is 35.3 Å². The highest BCUT2D eigenvalue weighted by Crippen LogP contribution is 2.39. The molecule has 5 heteroatoms. The molecule has 0 saturated carbocycles. The predicted octanol–water partition coefficient (Wildman–Crippen LogP) is 5.15.